The number of nitrogens with one attached hydrogen (secondary N) is 1. The van der Waals surface area contributed by atoms with Crippen LogP contribution in [0.3, 0.4) is 0 Å². The third kappa shape index (κ3) is 5.04. The standard InChI is InChI=1S/C16H14BrClN2O3/c1-23-15(21)8-13(10-2-5-12(17)6-3-10)20-16(22)11-4-7-14(18)19-9-11/h2-7,9,13H,8H2,1H3,(H,20,22). The summed E-state index contributed by atoms with van der Waals surface area (Å²) >= 11 is 9.07. The highest BCUT2D eigenvalue weighted by atomic mass is 79.9. The predicted octanol–water partition coefficient (Wildman–Crippen LogP) is 3.53. The lowest BCUT2D eigenvalue weighted by Crippen LogP contribution is -2.30. The number of amides is 1. The first-order valence-corrected chi connectivity index (χ1v) is 7.91. The van der Waals surface area contributed by atoms with Crippen LogP contribution < -0.4 is 5.32 Å². The molecule has 1 aromatic carbocycles. The number of benzene rings is 1. The van der Waals surface area contributed by atoms with Crippen LogP contribution in [-0.4, -0.2) is 24.0 Å². The quantitative estimate of drug-likeness (QED) is 0.619. The van der Waals surface area contributed by atoms with Gasteiger partial charge in [0.05, 0.1) is 25.1 Å². The fourth-order valence-electron chi connectivity index (χ4n) is 1.95. The SMILES string of the molecule is COC(=O)CC(NC(=O)c1ccc(Cl)nc1)c1ccc(Br)cc1. The average Bonchev–Trinajstić information content (AvgIpc) is 2.55. The second-order valence-corrected chi connectivity index (χ2v) is 6.03. The van der Waals surface area contributed by atoms with Gasteiger partial charge in [0.15, 0.2) is 0 Å². The van der Waals surface area contributed by atoms with Crippen molar-refractivity contribution in [3.63, 3.8) is 0 Å². The summed E-state index contributed by atoms with van der Waals surface area (Å²) in [6, 6.07) is 9.95. The summed E-state index contributed by atoms with van der Waals surface area (Å²) in [7, 11) is 1.31. The molecule has 0 spiro atoms. The summed E-state index contributed by atoms with van der Waals surface area (Å²) in [6.07, 6.45) is 1.42. The van der Waals surface area contributed by atoms with Crippen molar-refractivity contribution < 1.29 is 14.3 Å². The van der Waals surface area contributed by atoms with Crippen LogP contribution in [0.4, 0.5) is 0 Å². The number of nitrogens with zero attached hydrogens (tertiary/aromatic N) is 1. The number of carbonyl (C=O) groups excluding carboxylic acids is 2. The molecule has 5 nitrogen and oxygen atoms in total. The van der Waals surface area contributed by atoms with Crippen LogP contribution in [0.1, 0.15) is 28.4 Å². The van der Waals surface area contributed by atoms with Crippen LogP contribution in [0, 0.1) is 0 Å². The zero-order chi connectivity index (χ0) is 16.8. The number of methoxy groups -OCH3 is 1. The minimum atomic E-state index is -0.501. The lowest BCUT2D eigenvalue weighted by molar-refractivity contribution is -0.141. The van der Waals surface area contributed by atoms with E-state index in [2.05, 4.69) is 26.2 Å². The van der Waals surface area contributed by atoms with Gasteiger partial charge in [0.25, 0.3) is 5.91 Å². The van der Waals surface area contributed by atoms with E-state index in [4.69, 9.17) is 16.3 Å². The number of aromatic nitrogens is 1. The molecule has 0 radical (unpaired) electrons. The Morgan fingerprint density at radius 3 is 2.52 bits per heavy atom. The molecular weight excluding hydrogens is 384 g/mol. The van der Waals surface area contributed by atoms with Crippen LogP contribution in [-0.2, 0) is 9.53 Å². The monoisotopic (exact) mass is 396 g/mol. The summed E-state index contributed by atoms with van der Waals surface area (Å²) in [4.78, 5) is 27.8. The van der Waals surface area contributed by atoms with Crippen LogP contribution >= 0.6 is 27.5 Å². The van der Waals surface area contributed by atoms with Crippen LogP contribution in [0.15, 0.2) is 47.1 Å². The molecule has 2 aromatic rings. The normalized spacial score (nSPS) is 11.6. The van der Waals surface area contributed by atoms with Gasteiger partial charge in [-0.1, -0.05) is 39.7 Å². The van der Waals surface area contributed by atoms with Crippen LogP contribution in [0.2, 0.25) is 5.15 Å². The number of esters is 1. The zero-order valence-corrected chi connectivity index (χ0v) is 14.6. The molecule has 0 bridgehead atoms. The lowest BCUT2D eigenvalue weighted by Gasteiger charge is -2.18. The number of ether oxygens (including phenoxy) is 1. The third-order valence-electron chi connectivity index (χ3n) is 3.17. The van der Waals surface area contributed by atoms with Gasteiger partial charge >= 0.3 is 5.97 Å². The van der Waals surface area contributed by atoms with Crippen molar-refractivity contribution >= 4 is 39.4 Å². The topological polar surface area (TPSA) is 68.3 Å². The third-order valence-corrected chi connectivity index (χ3v) is 3.92. The maximum Gasteiger partial charge on any atom is 0.307 e. The van der Waals surface area contributed by atoms with Crippen molar-refractivity contribution in [2.24, 2.45) is 0 Å². The van der Waals surface area contributed by atoms with Gasteiger partial charge in [-0.05, 0) is 29.8 Å². The molecule has 0 aliphatic rings. The Morgan fingerprint density at radius 2 is 1.96 bits per heavy atom. The van der Waals surface area contributed by atoms with E-state index in [1.165, 1.54) is 19.4 Å². The first kappa shape index (κ1) is 17.4. The van der Waals surface area contributed by atoms with Crippen molar-refractivity contribution in [1.82, 2.24) is 10.3 Å². The Labute approximate surface area is 147 Å². The van der Waals surface area contributed by atoms with Crippen molar-refractivity contribution in [3.8, 4) is 0 Å². The van der Waals surface area contributed by atoms with Gasteiger partial charge in [-0.25, -0.2) is 4.98 Å². The van der Waals surface area contributed by atoms with Crippen molar-refractivity contribution in [3.05, 3.63) is 63.3 Å². The molecule has 1 aromatic heterocycles. The number of hydrogen-bond donors (Lipinski definition) is 1. The molecule has 1 heterocycles. The van der Waals surface area contributed by atoms with Gasteiger partial charge in [-0.15, -0.1) is 0 Å². The largest absolute Gasteiger partial charge is 0.469 e. The average molecular weight is 398 g/mol. The van der Waals surface area contributed by atoms with Crippen molar-refractivity contribution in [2.75, 3.05) is 7.11 Å². The highest BCUT2D eigenvalue weighted by molar-refractivity contribution is 9.10. The molecule has 1 N–H and O–H groups in total. The fraction of sp³-hybridized carbons (Fsp3) is 0.188. The lowest BCUT2D eigenvalue weighted by atomic mass is 10.0. The first-order chi connectivity index (χ1) is 11.0. The van der Waals surface area contributed by atoms with Crippen LogP contribution in [0.25, 0.3) is 0 Å². The Kier molecular flexibility index (Phi) is 6.12. The zero-order valence-electron chi connectivity index (χ0n) is 12.3. The Hall–Kier alpha value is -1.92. The van der Waals surface area contributed by atoms with E-state index in [9.17, 15) is 9.59 Å². The summed E-state index contributed by atoms with van der Waals surface area (Å²) < 4.78 is 5.61. The summed E-state index contributed by atoms with van der Waals surface area (Å²) in [5, 5.41) is 3.12. The first-order valence-electron chi connectivity index (χ1n) is 6.74. The number of carbonyl (C=O) groups is 2. The fourth-order valence-corrected chi connectivity index (χ4v) is 2.33. The molecule has 0 aliphatic heterocycles. The Bertz CT molecular complexity index is 689. The van der Waals surface area contributed by atoms with E-state index < -0.39 is 12.0 Å². The highest BCUT2D eigenvalue weighted by Crippen LogP contribution is 2.21. The summed E-state index contributed by atoms with van der Waals surface area (Å²) in [5.74, 6) is -0.751. The Morgan fingerprint density at radius 1 is 1.26 bits per heavy atom. The number of halogens is 2. The van der Waals surface area contributed by atoms with Gasteiger partial charge in [0.1, 0.15) is 5.15 Å². The molecule has 0 aliphatic carbocycles. The van der Waals surface area contributed by atoms with Gasteiger partial charge in [-0.2, -0.15) is 0 Å². The van der Waals surface area contributed by atoms with E-state index in [-0.39, 0.29) is 12.3 Å². The highest BCUT2D eigenvalue weighted by Gasteiger charge is 2.20. The molecule has 1 amide bonds. The molecule has 1 atom stereocenters. The number of pyridine rings is 1. The second-order valence-electron chi connectivity index (χ2n) is 4.73. The predicted molar refractivity (Wildman–Crippen MR) is 90.2 cm³/mol. The molecule has 120 valence electrons. The summed E-state index contributed by atoms with van der Waals surface area (Å²) in [5.41, 5.74) is 1.16. The minimum absolute atomic E-state index is 0.0326. The number of rotatable bonds is 5. The molecule has 7 heteroatoms. The van der Waals surface area contributed by atoms with Crippen LogP contribution in [0.5, 0.6) is 0 Å². The van der Waals surface area contributed by atoms with Crippen molar-refractivity contribution in [2.45, 2.75) is 12.5 Å². The van der Waals surface area contributed by atoms with E-state index in [1.54, 1.807) is 6.07 Å². The molecule has 0 saturated heterocycles. The maximum atomic E-state index is 12.3. The van der Waals surface area contributed by atoms with Gasteiger partial charge in [0, 0.05) is 10.7 Å². The molecule has 1 unspecified atom stereocenters. The minimum Gasteiger partial charge on any atom is -0.469 e. The van der Waals surface area contributed by atoms with E-state index in [0.29, 0.717) is 10.7 Å². The van der Waals surface area contributed by atoms with Crippen molar-refractivity contribution in [1.29, 1.82) is 0 Å². The molecule has 0 fully saturated rings. The molecule has 2 rings (SSSR count). The van der Waals surface area contributed by atoms with E-state index in [0.717, 1.165) is 10.0 Å². The maximum absolute atomic E-state index is 12.3. The van der Waals surface area contributed by atoms with Gasteiger partial charge in [0.2, 0.25) is 0 Å². The molecule has 0 saturated carbocycles. The second kappa shape index (κ2) is 8.08. The smallest absolute Gasteiger partial charge is 0.307 e. The van der Waals surface area contributed by atoms with Gasteiger partial charge < -0.3 is 10.1 Å². The molecular formula is C16H14BrClN2O3. The van der Waals surface area contributed by atoms with Gasteiger partial charge in [-0.3, -0.25) is 9.59 Å². The Balaban J connectivity index is 2.19. The van der Waals surface area contributed by atoms with E-state index >= 15 is 0 Å². The molecule has 23 heavy (non-hydrogen) atoms. The number of hydrogen-bond acceptors (Lipinski definition) is 4. The summed E-state index contributed by atoms with van der Waals surface area (Å²) in [6.45, 7) is 0. The van der Waals surface area contributed by atoms with E-state index in [1.807, 2.05) is 24.3 Å².